The third kappa shape index (κ3) is 3.05. The molecule has 122 valence electrons. The van der Waals surface area contributed by atoms with Gasteiger partial charge in [-0.15, -0.1) is 0 Å². The first-order valence-corrected chi connectivity index (χ1v) is 8.44. The zero-order valence-electron chi connectivity index (χ0n) is 13.1. The Morgan fingerprint density at radius 3 is 2.75 bits per heavy atom. The average Bonchev–Trinajstić information content (AvgIpc) is 3.10. The monoisotopic (exact) mass is 339 g/mol. The molecule has 1 atom stereocenters. The number of H-pyrrole nitrogens is 1. The van der Waals surface area contributed by atoms with E-state index in [2.05, 4.69) is 43.7 Å². The van der Waals surface area contributed by atoms with Crippen molar-refractivity contribution in [3.8, 4) is 0 Å². The molecule has 2 heterocycles. The Kier molecular flexibility index (Phi) is 4.28. The van der Waals surface area contributed by atoms with E-state index in [1.807, 2.05) is 24.4 Å². The molecule has 0 amide bonds. The van der Waals surface area contributed by atoms with Gasteiger partial charge in [-0.25, -0.2) is 4.98 Å². The highest BCUT2D eigenvalue weighted by molar-refractivity contribution is 6.31. The van der Waals surface area contributed by atoms with E-state index in [0.717, 1.165) is 29.3 Å². The van der Waals surface area contributed by atoms with Gasteiger partial charge in [0.2, 0.25) is 0 Å². The first-order chi connectivity index (χ1) is 11.8. The largest absolute Gasteiger partial charge is 0.301 e. The molecule has 2 N–H and O–H groups in total. The van der Waals surface area contributed by atoms with Gasteiger partial charge in [-0.2, -0.15) is 5.10 Å². The van der Waals surface area contributed by atoms with Gasteiger partial charge in [0.15, 0.2) is 0 Å². The molecular formula is C18H18ClN5. The Balaban J connectivity index is 1.47. The Bertz CT molecular complexity index is 784. The Morgan fingerprint density at radius 1 is 1.17 bits per heavy atom. The van der Waals surface area contributed by atoms with Gasteiger partial charge in [-0.1, -0.05) is 35.9 Å². The van der Waals surface area contributed by atoms with Crippen LogP contribution in [0.1, 0.15) is 41.8 Å². The third-order valence-electron chi connectivity index (χ3n) is 4.61. The van der Waals surface area contributed by atoms with E-state index in [-0.39, 0.29) is 6.04 Å². The maximum absolute atomic E-state index is 6.31. The van der Waals surface area contributed by atoms with Gasteiger partial charge in [0.25, 0.3) is 0 Å². The number of aromatic nitrogens is 4. The van der Waals surface area contributed by atoms with Crippen molar-refractivity contribution < 1.29 is 0 Å². The van der Waals surface area contributed by atoms with Crippen LogP contribution in [0.25, 0.3) is 0 Å². The first-order valence-electron chi connectivity index (χ1n) is 8.07. The zero-order chi connectivity index (χ0) is 16.4. The molecule has 1 aliphatic rings. The first kappa shape index (κ1) is 15.3. The molecule has 24 heavy (non-hydrogen) atoms. The Hall–Kier alpha value is -2.24. The normalized spacial score (nSPS) is 21.2. The molecule has 1 saturated carbocycles. The lowest BCUT2D eigenvalue weighted by Crippen LogP contribution is -2.42. The minimum absolute atomic E-state index is 0.0293. The van der Waals surface area contributed by atoms with Gasteiger partial charge in [0.1, 0.15) is 12.2 Å². The van der Waals surface area contributed by atoms with Gasteiger partial charge in [0.05, 0.1) is 6.04 Å². The molecule has 6 heteroatoms. The van der Waals surface area contributed by atoms with Crippen molar-refractivity contribution in [3.63, 3.8) is 0 Å². The lowest BCUT2D eigenvalue weighted by molar-refractivity contribution is 0.273. The molecule has 0 aliphatic heterocycles. The van der Waals surface area contributed by atoms with Crippen LogP contribution in [0.3, 0.4) is 0 Å². The van der Waals surface area contributed by atoms with Crippen molar-refractivity contribution >= 4 is 11.6 Å². The van der Waals surface area contributed by atoms with Crippen LogP contribution in [0, 0.1) is 0 Å². The molecule has 1 unspecified atom stereocenters. The van der Waals surface area contributed by atoms with Crippen LogP contribution < -0.4 is 5.32 Å². The fourth-order valence-corrected chi connectivity index (χ4v) is 3.57. The summed E-state index contributed by atoms with van der Waals surface area (Å²) in [4.78, 5) is 8.54. The molecule has 1 fully saturated rings. The molecule has 0 spiro atoms. The highest BCUT2D eigenvalue weighted by Gasteiger charge is 2.34. The van der Waals surface area contributed by atoms with E-state index in [4.69, 9.17) is 11.6 Å². The number of hydrogen-bond acceptors (Lipinski definition) is 4. The summed E-state index contributed by atoms with van der Waals surface area (Å²) in [6.45, 7) is 0. The number of halogens is 1. The fourth-order valence-electron chi connectivity index (χ4n) is 3.28. The molecule has 3 aromatic rings. The van der Waals surface area contributed by atoms with Crippen molar-refractivity contribution in [3.05, 3.63) is 77.1 Å². The second-order valence-corrected chi connectivity index (χ2v) is 6.55. The smallest absolute Gasteiger partial charge is 0.146 e. The van der Waals surface area contributed by atoms with Crippen molar-refractivity contribution in [1.29, 1.82) is 0 Å². The van der Waals surface area contributed by atoms with Crippen LogP contribution >= 0.6 is 11.6 Å². The van der Waals surface area contributed by atoms with E-state index >= 15 is 0 Å². The number of nitrogens with one attached hydrogen (secondary N) is 2. The lowest BCUT2D eigenvalue weighted by Gasteiger charge is -2.38. The maximum Gasteiger partial charge on any atom is 0.146 e. The second kappa shape index (κ2) is 6.71. The van der Waals surface area contributed by atoms with E-state index in [9.17, 15) is 0 Å². The highest BCUT2D eigenvalue weighted by atomic mass is 35.5. The molecule has 1 aliphatic carbocycles. The summed E-state index contributed by atoms with van der Waals surface area (Å²) in [5, 5.41) is 11.5. The van der Waals surface area contributed by atoms with Crippen LogP contribution in [0.15, 0.2) is 55.1 Å². The van der Waals surface area contributed by atoms with E-state index in [1.165, 1.54) is 11.9 Å². The summed E-state index contributed by atoms with van der Waals surface area (Å²) in [6.07, 6.45) is 7.30. The maximum atomic E-state index is 6.31. The van der Waals surface area contributed by atoms with Crippen molar-refractivity contribution in [2.75, 3.05) is 0 Å². The standard InChI is InChI=1S/C18H18ClN5/c19-16-6-2-1-5-15(16)13-8-14(9-13)23-17(18-21-11-22-24-18)12-4-3-7-20-10-12/h1-7,10-11,13-14,17,23H,8-9H2,(H,21,22,24). The van der Waals surface area contributed by atoms with Gasteiger partial charge in [0, 0.05) is 23.5 Å². The minimum atomic E-state index is -0.0293. The van der Waals surface area contributed by atoms with E-state index < -0.39 is 0 Å². The molecule has 0 bridgehead atoms. The predicted molar refractivity (Wildman–Crippen MR) is 92.8 cm³/mol. The fraction of sp³-hybridized carbons (Fsp3) is 0.278. The van der Waals surface area contributed by atoms with Crippen LogP contribution in [0.2, 0.25) is 5.02 Å². The Labute approximate surface area is 145 Å². The molecule has 1 aromatic carbocycles. The van der Waals surface area contributed by atoms with Crippen LogP contribution in [0.5, 0.6) is 0 Å². The molecule has 0 saturated heterocycles. The van der Waals surface area contributed by atoms with Crippen molar-refractivity contribution in [2.24, 2.45) is 0 Å². The summed E-state index contributed by atoms with van der Waals surface area (Å²) in [6, 6.07) is 12.5. The van der Waals surface area contributed by atoms with Crippen molar-refractivity contribution in [1.82, 2.24) is 25.5 Å². The SMILES string of the molecule is Clc1ccccc1C1CC(NC(c2cccnc2)c2ncn[nH]2)C1. The predicted octanol–water partition coefficient (Wildman–Crippen LogP) is 3.48. The van der Waals surface area contributed by atoms with Crippen LogP contribution in [-0.4, -0.2) is 26.2 Å². The summed E-state index contributed by atoms with van der Waals surface area (Å²) in [5.41, 5.74) is 2.32. The summed E-state index contributed by atoms with van der Waals surface area (Å²) >= 11 is 6.31. The molecule has 4 rings (SSSR count). The number of benzene rings is 1. The van der Waals surface area contributed by atoms with Crippen LogP contribution in [0.4, 0.5) is 0 Å². The van der Waals surface area contributed by atoms with Gasteiger partial charge >= 0.3 is 0 Å². The quantitative estimate of drug-likeness (QED) is 0.747. The molecular weight excluding hydrogens is 322 g/mol. The third-order valence-corrected chi connectivity index (χ3v) is 4.95. The average molecular weight is 340 g/mol. The molecule has 0 radical (unpaired) electrons. The second-order valence-electron chi connectivity index (χ2n) is 6.14. The van der Waals surface area contributed by atoms with Crippen LogP contribution in [-0.2, 0) is 0 Å². The van der Waals surface area contributed by atoms with Gasteiger partial charge in [-0.05, 0) is 42.0 Å². The number of nitrogens with zero attached hydrogens (tertiary/aromatic N) is 3. The van der Waals surface area contributed by atoms with Gasteiger partial charge in [-0.3, -0.25) is 10.1 Å². The molecule has 2 aromatic heterocycles. The van der Waals surface area contributed by atoms with E-state index in [1.54, 1.807) is 6.20 Å². The lowest BCUT2D eigenvalue weighted by atomic mass is 9.75. The topological polar surface area (TPSA) is 66.5 Å². The molecule has 5 nitrogen and oxygen atoms in total. The summed E-state index contributed by atoms with van der Waals surface area (Å²) < 4.78 is 0. The van der Waals surface area contributed by atoms with Crippen molar-refractivity contribution in [2.45, 2.75) is 30.8 Å². The highest BCUT2D eigenvalue weighted by Crippen LogP contribution is 2.41. The summed E-state index contributed by atoms with van der Waals surface area (Å²) in [7, 11) is 0. The number of aromatic amines is 1. The van der Waals surface area contributed by atoms with E-state index in [0.29, 0.717) is 12.0 Å². The Morgan fingerprint density at radius 2 is 2.04 bits per heavy atom. The number of pyridine rings is 1. The summed E-state index contributed by atoms with van der Waals surface area (Å²) in [5.74, 6) is 1.32. The number of hydrogen-bond donors (Lipinski definition) is 2. The minimum Gasteiger partial charge on any atom is -0.301 e. The number of rotatable bonds is 5. The zero-order valence-corrected chi connectivity index (χ0v) is 13.8. The van der Waals surface area contributed by atoms with Gasteiger partial charge < -0.3 is 5.32 Å².